The highest BCUT2D eigenvalue weighted by Gasteiger charge is 2.48. The Bertz CT molecular complexity index is 1690. The Labute approximate surface area is 277 Å². The Morgan fingerprint density at radius 3 is 1.83 bits per heavy atom. The minimum Gasteiger partial charge on any atom is -0.493 e. The topological polar surface area (TPSA) is 80.3 Å². The van der Waals surface area contributed by atoms with Gasteiger partial charge in [0.2, 0.25) is 0 Å². The van der Waals surface area contributed by atoms with Crippen molar-refractivity contribution in [1.29, 1.82) is 0 Å². The molecule has 246 valence electrons. The quantitative estimate of drug-likeness (QED) is 0.220. The monoisotopic (exact) mass is 636 g/mol. The first kappa shape index (κ1) is 32.4. The fourth-order valence-electron chi connectivity index (χ4n) is 6.92. The highest BCUT2D eigenvalue weighted by Crippen LogP contribution is 2.54. The van der Waals surface area contributed by atoms with Gasteiger partial charge in [-0.1, -0.05) is 70.2 Å². The van der Waals surface area contributed by atoms with Crippen molar-refractivity contribution in [3.63, 3.8) is 0 Å². The van der Waals surface area contributed by atoms with E-state index in [0.717, 1.165) is 16.7 Å². The van der Waals surface area contributed by atoms with Crippen molar-refractivity contribution in [3.8, 4) is 23.0 Å². The molecule has 0 unspecified atom stereocenters. The van der Waals surface area contributed by atoms with Crippen LogP contribution in [0, 0.1) is 10.8 Å². The van der Waals surface area contributed by atoms with E-state index in [1.54, 1.807) is 7.11 Å². The Morgan fingerprint density at radius 1 is 0.660 bits per heavy atom. The van der Waals surface area contributed by atoms with E-state index in [-0.39, 0.29) is 29.0 Å². The van der Waals surface area contributed by atoms with Crippen molar-refractivity contribution in [2.45, 2.75) is 79.4 Å². The van der Waals surface area contributed by atoms with Crippen molar-refractivity contribution in [1.82, 2.24) is 0 Å². The van der Waals surface area contributed by atoms with Crippen LogP contribution in [0.15, 0.2) is 89.4 Å². The molecule has 0 radical (unpaired) electrons. The number of hydrogen-bond acceptors (Lipinski definition) is 7. The van der Waals surface area contributed by atoms with E-state index in [1.807, 2.05) is 73.7 Å². The van der Waals surface area contributed by atoms with Gasteiger partial charge in [-0.25, -0.2) is 0 Å². The highest BCUT2D eigenvalue weighted by molar-refractivity contribution is 6.06. The second-order valence-electron chi connectivity index (χ2n) is 14.3. The molecule has 3 aromatic carbocycles. The number of hydrogen-bond donors (Lipinski definition) is 0. The molecule has 7 heteroatoms. The maximum Gasteiger partial charge on any atom is 0.163 e. The molecule has 7 nitrogen and oxygen atoms in total. The summed E-state index contributed by atoms with van der Waals surface area (Å²) >= 11 is 0. The number of methoxy groups -OCH3 is 1. The standard InChI is InChI=1S/C40H44O7/c1-7-44-33-18-27(36-37-28(41)19-39(2,3)21-34(37)47-35-22-40(4,5)20-29(42)38(35)36)14-16-31(33)46-24-26-13-15-30(32(17-26)43-6)45-23-25-11-9-8-10-12-25/h8-18,36H,7,19-24H2,1-6H3. The molecule has 0 saturated carbocycles. The fourth-order valence-corrected chi connectivity index (χ4v) is 6.92. The molecule has 0 N–H and O–H groups in total. The van der Waals surface area contributed by atoms with Crippen LogP contribution in [0.2, 0.25) is 0 Å². The third kappa shape index (κ3) is 6.95. The minimum atomic E-state index is -0.498. The summed E-state index contributed by atoms with van der Waals surface area (Å²) < 4.78 is 30.5. The Kier molecular flexibility index (Phi) is 8.93. The number of allylic oxidation sites excluding steroid dienone is 4. The molecule has 0 bridgehead atoms. The smallest absolute Gasteiger partial charge is 0.163 e. The van der Waals surface area contributed by atoms with Crippen LogP contribution in [0.5, 0.6) is 23.0 Å². The summed E-state index contributed by atoms with van der Waals surface area (Å²) in [6.45, 7) is 11.4. The molecule has 1 aliphatic heterocycles. The summed E-state index contributed by atoms with van der Waals surface area (Å²) in [5.41, 5.74) is 3.59. The van der Waals surface area contributed by atoms with Gasteiger partial charge in [0.25, 0.3) is 0 Å². The van der Waals surface area contributed by atoms with Gasteiger partial charge in [0.05, 0.1) is 13.7 Å². The van der Waals surface area contributed by atoms with Crippen molar-refractivity contribution in [2.24, 2.45) is 10.8 Å². The number of Topliss-reactive ketones (excluding diaryl/α,β-unsaturated/α-hetero) is 2. The first-order chi connectivity index (χ1) is 22.5. The summed E-state index contributed by atoms with van der Waals surface area (Å²) in [4.78, 5) is 27.4. The largest absolute Gasteiger partial charge is 0.493 e. The normalized spacial score (nSPS) is 18.7. The van der Waals surface area contributed by atoms with Gasteiger partial charge >= 0.3 is 0 Å². The van der Waals surface area contributed by atoms with Gasteiger partial charge in [-0.2, -0.15) is 0 Å². The molecule has 0 spiro atoms. The van der Waals surface area contributed by atoms with Gasteiger partial charge in [0, 0.05) is 42.7 Å². The number of benzene rings is 3. The van der Waals surface area contributed by atoms with Gasteiger partial charge in [0.1, 0.15) is 24.7 Å². The van der Waals surface area contributed by atoms with Gasteiger partial charge in [-0.3, -0.25) is 9.59 Å². The fraction of sp³-hybridized carbons (Fsp3) is 0.400. The average molecular weight is 637 g/mol. The predicted molar refractivity (Wildman–Crippen MR) is 180 cm³/mol. The summed E-state index contributed by atoms with van der Waals surface area (Å²) in [5, 5.41) is 0. The van der Waals surface area contributed by atoms with Gasteiger partial charge < -0.3 is 23.7 Å². The lowest BCUT2D eigenvalue weighted by molar-refractivity contribution is -0.120. The Hall–Kier alpha value is -4.52. The number of carbonyl (C=O) groups excluding carboxylic acids is 2. The zero-order chi connectivity index (χ0) is 33.3. The lowest BCUT2D eigenvalue weighted by Gasteiger charge is -2.42. The molecule has 2 aliphatic carbocycles. The average Bonchev–Trinajstić information content (AvgIpc) is 3.01. The molecule has 6 rings (SSSR count). The summed E-state index contributed by atoms with van der Waals surface area (Å²) in [7, 11) is 1.62. The first-order valence-electron chi connectivity index (χ1n) is 16.4. The van der Waals surface area contributed by atoms with Crippen LogP contribution >= 0.6 is 0 Å². The second-order valence-corrected chi connectivity index (χ2v) is 14.3. The molecule has 0 saturated heterocycles. The van der Waals surface area contributed by atoms with E-state index in [9.17, 15) is 9.59 Å². The molecular formula is C40H44O7. The third-order valence-corrected chi connectivity index (χ3v) is 9.04. The van der Waals surface area contributed by atoms with Crippen molar-refractivity contribution in [3.05, 3.63) is 106 Å². The lowest BCUT2D eigenvalue weighted by atomic mass is 9.65. The van der Waals surface area contributed by atoms with Crippen LogP contribution in [0.25, 0.3) is 0 Å². The SMILES string of the molecule is CCOc1cc(C2C3=C(CC(C)(C)CC3=O)OC3=C2C(=O)CC(C)(C)C3)ccc1OCc1ccc(OCc2ccccc2)c(OC)c1. The maximum atomic E-state index is 13.7. The Morgan fingerprint density at radius 2 is 1.23 bits per heavy atom. The van der Waals surface area contributed by atoms with E-state index < -0.39 is 5.92 Å². The maximum absolute atomic E-state index is 13.7. The van der Waals surface area contributed by atoms with Crippen molar-refractivity contribution in [2.75, 3.05) is 13.7 Å². The van der Waals surface area contributed by atoms with Crippen molar-refractivity contribution < 1.29 is 33.3 Å². The minimum absolute atomic E-state index is 0.0360. The third-order valence-electron chi connectivity index (χ3n) is 9.04. The van der Waals surface area contributed by atoms with Crippen LogP contribution < -0.4 is 18.9 Å². The molecular weight excluding hydrogens is 592 g/mol. The van der Waals surface area contributed by atoms with E-state index in [0.29, 0.717) is 84.6 Å². The van der Waals surface area contributed by atoms with E-state index in [4.69, 9.17) is 23.7 Å². The van der Waals surface area contributed by atoms with Crippen LogP contribution in [-0.4, -0.2) is 25.3 Å². The first-order valence-corrected chi connectivity index (χ1v) is 16.4. The van der Waals surface area contributed by atoms with Gasteiger partial charge in [-0.05, 0) is 58.7 Å². The molecule has 0 atom stereocenters. The number of carbonyl (C=O) groups is 2. The second kappa shape index (κ2) is 12.9. The van der Waals surface area contributed by atoms with E-state index in [2.05, 4.69) is 27.7 Å². The van der Waals surface area contributed by atoms with Gasteiger partial charge in [0.15, 0.2) is 34.6 Å². The zero-order valence-corrected chi connectivity index (χ0v) is 28.2. The van der Waals surface area contributed by atoms with Crippen LogP contribution in [0.4, 0.5) is 0 Å². The molecule has 3 aromatic rings. The van der Waals surface area contributed by atoms with Crippen LogP contribution in [0.3, 0.4) is 0 Å². The molecule has 0 amide bonds. The number of ketones is 2. The molecule has 1 heterocycles. The van der Waals surface area contributed by atoms with Crippen molar-refractivity contribution >= 4 is 11.6 Å². The highest BCUT2D eigenvalue weighted by atomic mass is 16.5. The van der Waals surface area contributed by atoms with Gasteiger partial charge in [-0.15, -0.1) is 0 Å². The van der Waals surface area contributed by atoms with Crippen LogP contribution in [0.1, 0.15) is 82.9 Å². The summed E-state index contributed by atoms with van der Waals surface area (Å²) in [6.07, 6.45) is 2.12. The van der Waals surface area contributed by atoms with Crippen LogP contribution in [-0.2, 0) is 27.5 Å². The zero-order valence-electron chi connectivity index (χ0n) is 28.2. The molecule has 3 aliphatic rings. The predicted octanol–water partition coefficient (Wildman–Crippen LogP) is 8.65. The molecule has 0 fully saturated rings. The lowest BCUT2D eigenvalue weighted by Crippen LogP contribution is -2.37. The summed E-state index contributed by atoms with van der Waals surface area (Å²) in [5.74, 6) is 3.37. The molecule has 47 heavy (non-hydrogen) atoms. The molecule has 0 aromatic heterocycles. The van der Waals surface area contributed by atoms with E-state index >= 15 is 0 Å². The summed E-state index contributed by atoms with van der Waals surface area (Å²) in [6, 6.07) is 21.5. The Balaban J connectivity index is 1.28. The van der Waals surface area contributed by atoms with E-state index in [1.165, 1.54) is 0 Å². The number of ether oxygens (including phenoxy) is 5. The number of rotatable bonds is 10.